The number of aromatic carboxylic acids is 1. The molecule has 3 aromatic rings. The quantitative estimate of drug-likeness (QED) is 0.748. The first-order valence-corrected chi connectivity index (χ1v) is 8.28. The van der Waals surface area contributed by atoms with Gasteiger partial charge in [0.05, 0.1) is 22.7 Å². The lowest BCUT2D eigenvalue weighted by Gasteiger charge is -2.11. The predicted octanol–water partition coefficient (Wildman–Crippen LogP) is 3.58. The average Bonchev–Trinajstić information content (AvgIpc) is 2.99. The smallest absolute Gasteiger partial charge is 0.335 e. The van der Waals surface area contributed by atoms with Gasteiger partial charge in [-0.15, -0.1) is 0 Å². The van der Waals surface area contributed by atoms with Gasteiger partial charge in [0.2, 0.25) is 0 Å². The molecule has 1 amide bonds. The number of hydrogen-bond donors (Lipinski definition) is 2. The van der Waals surface area contributed by atoms with E-state index in [1.807, 2.05) is 27.7 Å². The van der Waals surface area contributed by atoms with Gasteiger partial charge in [-0.2, -0.15) is 5.10 Å². The second-order valence-electron chi connectivity index (χ2n) is 6.52. The van der Waals surface area contributed by atoms with E-state index in [9.17, 15) is 9.59 Å². The van der Waals surface area contributed by atoms with Crippen LogP contribution < -0.4 is 5.32 Å². The SMILES string of the molecule is Cc1cc(C(=O)Nc2cc(C(=O)O)ccc2C)c2cnn(C(C)C)c2n1. The molecular weight excluding hydrogens is 332 g/mol. The summed E-state index contributed by atoms with van der Waals surface area (Å²) < 4.78 is 1.77. The Kier molecular flexibility index (Phi) is 4.46. The van der Waals surface area contributed by atoms with Gasteiger partial charge in [0, 0.05) is 17.4 Å². The Hall–Kier alpha value is -3.22. The number of carboxylic acid groups (broad SMARTS) is 1. The summed E-state index contributed by atoms with van der Waals surface area (Å²) >= 11 is 0. The minimum Gasteiger partial charge on any atom is -0.478 e. The summed E-state index contributed by atoms with van der Waals surface area (Å²) in [6.45, 7) is 7.63. The zero-order chi connectivity index (χ0) is 19.0. The highest BCUT2D eigenvalue weighted by Crippen LogP contribution is 2.23. The van der Waals surface area contributed by atoms with Gasteiger partial charge in [0.15, 0.2) is 5.65 Å². The van der Waals surface area contributed by atoms with Crippen LogP contribution in [0.15, 0.2) is 30.5 Å². The summed E-state index contributed by atoms with van der Waals surface area (Å²) in [6.07, 6.45) is 1.64. The first kappa shape index (κ1) is 17.6. The van der Waals surface area contributed by atoms with Crippen LogP contribution in [0.2, 0.25) is 0 Å². The summed E-state index contributed by atoms with van der Waals surface area (Å²) in [5, 5.41) is 17.0. The van der Waals surface area contributed by atoms with Crippen LogP contribution in [0.3, 0.4) is 0 Å². The van der Waals surface area contributed by atoms with Crippen molar-refractivity contribution in [2.24, 2.45) is 0 Å². The second kappa shape index (κ2) is 6.59. The van der Waals surface area contributed by atoms with Crippen molar-refractivity contribution in [3.05, 3.63) is 52.8 Å². The van der Waals surface area contributed by atoms with Gasteiger partial charge in [-0.25, -0.2) is 14.5 Å². The zero-order valence-corrected chi connectivity index (χ0v) is 15.1. The molecule has 0 fully saturated rings. The van der Waals surface area contributed by atoms with E-state index >= 15 is 0 Å². The number of pyridine rings is 1. The van der Waals surface area contributed by atoms with Crippen LogP contribution in [0.25, 0.3) is 11.0 Å². The number of fused-ring (bicyclic) bond motifs is 1. The van der Waals surface area contributed by atoms with Crippen molar-refractivity contribution in [1.29, 1.82) is 0 Å². The molecule has 0 spiro atoms. The Labute approximate surface area is 150 Å². The molecule has 0 bridgehead atoms. The van der Waals surface area contributed by atoms with Gasteiger partial charge in [-0.1, -0.05) is 6.07 Å². The van der Waals surface area contributed by atoms with E-state index in [1.54, 1.807) is 23.0 Å². The molecule has 2 aromatic heterocycles. The zero-order valence-electron chi connectivity index (χ0n) is 15.1. The topological polar surface area (TPSA) is 97.1 Å². The van der Waals surface area contributed by atoms with Gasteiger partial charge in [-0.05, 0) is 51.5 Å². The third-order valence-electron chi connectivity index (χ3n) is 4.16. The summed E-state index contributed by atoms with van der Waals surface area (Å²) in [7, 11) is 0. The molecule has 134 valence electrons. The number of aryl methyl sites for hydroxylation is 2. The lowest BCUT2D eigenvalue weighted by atomic mass is 10.1. The third-order valence-corrected chi connectivity index (χ3v) is 4.16. The maximum atomic E-state index is 12.9. The van der Waals surface area contributed by atoms with Crippen molar-refractivity contribution in [2.75, 3.05) is 5.32 Å². The van der Waals surface area contributed by atoms with Crippen molar-refractivity contribution in [3.8, 4) is 0 Å². The highest BCUT2D eigenvalue weighted by Gasteiger charge is 2.18. The standard InChI is InChI=1S/C19H20N4O3/c1-10(2)23-17-15(9-20-23)14(7-12(4)21-17)18(24)22-16-8-13(19(25)26)6-5-11(16)3/h5-10H,1-4H3,(H,22,24)(H,25,26). The van der Waals surface area contributed by atoms with Gasteiger partial charge in [0.25, 0.3) is 5.91 Å². The number of nitrogens with zero attached hydrogens (tertiary/aromatic N) is 3. The minimum absolute atomic E-state index is 0.118. The van der Waals surface area contributed by atoms with Crippen LogP contribution in [-0.4, -0.2) is 31.7 Å². The fraction of sp³-hybridized carbons (Fsp3) is 0.263. The highest BCUT2D eigenvalue weighted by molar-refractivity contribution is 6.12. The lowest BCUT2D eigenvalue weighted by Crippen LogP contribution is -2.15. The molecular formula is C19H20N4O3. The predicted molar refractivity (Wildman–Crippen MR) is 98.7 cm³/mol. The fourth-order valence-corrected chi connectivity index (χ4v) is 2.79. The normalized spacial score (nSPS) is 11.1. The summed E-state index contributed by atoms with van der Waals surface area (Å²) in [5.41, 5.74) is 3.19. The molecule has 26 heavy (non-hydrogen) atoms. The molecule has 2 heterocycles. The van der Waals surface area contributed by atoms with Crippen LogP contribution >= 0.6 is 0 Å². The third kappa shape index (κ3) is 3.15. The van der Waals surface area contributed by atoms with Crippen LogP contribution in [-0.2, 0) is 0 Å². The Bertz CT molecular complexity index is 1020. The van der Waals surface area contributed by atoms with Gasteiger partial charge in [-0.3, -0.25) is 4.79 Å². The first-order chi connectivity index (χ1) is 12.3. The average molecular weight is 352 g/mol. The number of benzene rings is 1. The van der Waals surface area contributed by atoms with Gasteiger partial charge < -0.3 is 10.4 Å². The number of rotatable bonds is 4. The lowest BCUT2D eigenvalue weighted by molar-refractivity contribution is 0.0696. The summed E-state index contributed by atoms with van der Waals surface area (Å²) in [4.78, 5) is 28.5. The highest BCUT2D eigenvalue weighted by atomic mass is 16.4. The number of aromatic nitrogens is 3. The van der Waals surface area contributed by atoms with E-state index in [2.05, 4.69) is 15.4 Å². The van der Waals surface area contributed by atoms with Crippen molar-refractivity contribution >= 4 is 28.6 Å². The molecule has 3 rings (SSSR count). The molecule has 1 aromatic carbocycles. The molecule has 0 saturated carbocycles. The largest absolute Gasteiger partial charge is 0.478 e. The number of nitrogens with one attached hydrogen (secondary N) is 1. The molecule has 2 N–H and O–H groups in total. The van der Waals surface area contributed by atoms with Crippen molar-refractivity contribution in [1.82, 2.24) is 14.8 Å². The minimum atomic E-state index is -1.04. The Morgan fingerprint density at radius 2 is 1.92 bits per heavy atom. The van der Waals surface area contributed by atoms with Gasteiger partial charge >= 0.3 is 5.97 Å². The van der Waals surface area contributed by atoms with Crippen molar-refractivity contribution < 1.29 is 14.7 Å². The summed E-state index contributed by atoms with van der Waals surface area (Å²) in [5.74, 6) is -1.37. The number of carbonyl (C=O) groups is 2. The number of carbonyl (C=O) groups excluding carboxylic acids is 1. The number of amides is 1. The maximum absolute atomic E-state index is 12.9. The summed E-state index contributed by atoms with van der Waals surface area (Å²) in [6, 6.07) is 6.46. The second-order valence-corrected chi connectivity index (χ2v) is 6.52. The van der Waals surface area contributed by atoms with Crippen LogP contribution in [0, 0.1) is 13.8 Å². The number of hydrogen-bond acceptors (Lipinski definition) is 4. The molecule has 0 unspecified atom stereocenters. The Morgan fingerprint density at radius 3 is 2.58 bits per heavy atom. The molecule has 0 atom stereocenters. The Morgan fingerprint density at radius 1 is 1.19 bits per heavy atom. The monoisotopic (exact) mass is 352 g/mol. The van der Waals surface area contributed by atoms with Crippen LogP contribution in [0.4, 0.5) is 5.69 Å². The molecule has 0 aliphatic carbocycles. The fourth-order valence-electron chi connectivity index (χ4n) is 2.79. The Balaban J connectivity index is 2.04. The molecule has 0 saturated heterocycles. The van der Waals surface area contributed by atoms with E-state index in [1.165, 1.54) is 12.1 Å². The van der Waals surface area contributed by atoms with Crippen LogP contribution in [0.1, 0.15) is 51.9 Å². The molecule has 0 aliphatic rings. The number of carboxylic acids is 1. The maximum Gasteiger partial charge on any atom is 0.335 e. The van der Waals surface area contributed by atoms with Crippen molar-refractivity contribution in [2.45, 2.75) is 33.7 Å². The van der Waals surface area contributed by atoms with Crippen LogP contribution in [0.5, 0.6) is 0 Å². The van der Waals surface area contributed by atoms with E-state index in [0.717, 1.165) is 5.56 Å². The van der Waals surface area contributed by atoms with E-state index < -0.39 is 5.97 Å². The van der Waals surface area contributed by atoms with Crippen molar-refractivity contribution in [3.63, 3.8) is 0 Å². The van der Waals surface area contributed by atoms with E-state index in [4.69, 9.17) is 5.11 Å². The molecule has 0 aliphatic heterocycles. The number of anilines is 1. The first-order valence-electron chi connectivity index (χ1n) is 8.28. The molecule has 7 heteroatoms. The van der Waals surface area contributed by atoms with Gasteiger partial charge in [0.1, 0.15) is 0 Å². The molecule has 7 nitrogen and oxygen atoms in total. The van der Waals surface area contributed by atoms with E-state index in [0.29, 0.717) is 28.0 Å². The van der Waals surface area contributed by atoms with E-state index in [-0.39, 0.29) is 17.5 Å². The molecule has 0 radical (unpaired) electrons.